The first-order valence-corrected chi connectivity index (χ1v) is 7.53. The van der Waals surface area contributed by atoms with Crippen molar-refractivity contribution >= 4 is 5.91 Å². The van der Waals surface area contributed by atoms with Crippen molar-refractivity contribution in [1.82, 2.24) is 4.90 Å². The Morgan fingerprint density at radius 3 is 2.64 bits per heavy atom. The van der Waals surface area contributed by atoms with Gasteiger partial charge in [-0.05, 0) is 23.6 Å². The van der Waals surface area contributed by atoms with Gasteiger partial charge in [0.1, 0.15) is 5.75 Å². The molecule has 4 heteroatoms. The van der Waals surface area contributed by atoms with Crippen molar-refractivity contribution in [1.29, 1.82) is 0 Å². The molecule has 1 heterocycles. The quantitative estimate of drug-likeness (QED) is 0.940. The third kappa shape index (κ3) is 3.12. The van der Waals surface area contributed by atoms with E-state index in [-0.39, 0.29) is 12.5 Å². The van der Waals surface area contributed by atoms with Crippen LogP contribution in [0.2, 0.25) is 0 Å². The molecule has 2 aromatic rings. The van der Waals surface area contributed by atoms with Crippen molar-refractivity contribution in [3.05, 3.63) is 65.2 Å². The lowest BCUT2D eigenvalue weighted by atomic mass is 10.00. The molecule has 0 aliphatic carbocycles. The third-order valence-electron chi connectivity index (χ3n) is 4.03. The summed E-state index contributed by atoms with van der Waals surface area (Å²) in [7, 11) is 0. The SMILES string of the molecule is NCc1ccccc1OCC(=O)N1CCc2ccccc2C1. The summed E-state index contributed by atoms with van der Waals surface area (Å²) >= 11 is 0. The van der Waals surface area contributed by atoms with E-state index in [4.69, 9.17) is 10.5 Å². The standard InChI is InChI=1S/C18H20N2O2/c19-11-15-6-3-4-8-17(15)22-13-18(21)20-10-9-14-5-1-2-7-16(14)12-20/h1-8H,9-13,19H2. The molecule has 0 atom stereocenters. The molecule has 1 aliphatic rings. The molecule has 0 saturated carbocycles. The molecule has 0 spiro atoms. The fraction of sp³-hybridized carbons (Fsp3) is 0.278. The highest BCUT2D eigenvalue weighted by molar-refractivity contribution is 5.78. The molecule has 0 bridgehead atoms. The first-order chi connectivity index (χ1) is 10.8. The van der Waals surface area contributed by atoms with Gasteiger partial charge in [-0.15, -0.1) is 0 Å². The number of carbonyl (C=O) groups excluding carboxylic acids is 1. The van der Waals surface area contributed by atoms with E-state index in [1.807, 2.05) is 41.3 Å². The highest BCUT2D eigenvalue weighted by Crippen LogP contribution is 2.20. The number of para-hydroxylation sites is 1. The van der Waals surface area contributed by atoms with E-state index in [1.54, 1.807) is 0 Å². The lowest BCUT2D eigenvalue weighted by Gasteiger charge is -2.28. The maximum absolute atomic E-state index is 12.4. The van der Waals surface area contributed by atoms with Crippen LogP contribution in [0.15, 0.2) is 48.5 Å². The van der Waals surface area contributed by atoms with Crippen LogP contribution in [0, 0.1) is 0 Å². The number of hydrogen-bond acceptors (Lipinski definition) is 3. The van der Waals surface area contributed by atoms with Gasteiger partial charge in [0.15, 0.2) is 6.61 Å². The normalized spacial score (nSPS) is 13.6. The van der Waals surface area contributed by atoms with Crippen molar-refractivity contribution in [2.45, 2.75) is 19.5 Å². The summed E-state index contributed by atoms with van der Waals surface area (Å²) in [5, 5.41) is 0. The summed E-state index contributed by atoms with van der Waals surface area (Å²) < 4.78 is 5.66. The molecule has 0 aromatic heterocycles. The lowest BCUT2D eigenvalue weighted by Crippen LogP contribution is -2.38. The van der Waals surface area contributed by atoms with Crippen LogP contribution >= 0.6 is 0 Å². The van der Waals surface area contributed by atoms with Gasteiger partial charge in [0.05, 0.1) is 0 Å². The maximum atomic E-state index is 12.4. The Kier molecular flexibility index (Phi) is 4.39. The van der Waals surface area contributed by atoms with E-state index in [0.29, 0.717) is 18.8 Å². The zero-order chi connectivity index (χ0) is 15.4. The Balaban J connectivity index is 1.61. The molecule has 2 N–H and O–H groups in total. The summed E-state index contributed by atoms with van der Waals surface area (Å²) in [5.74, 6) is 0.706. The molecular weight excluding hydrogens is 276 g/mol. The van der Waals surface area contributed by atoms with Gasteiger partial charge in [0.25, 0.3) is 5.91 Å². The predicted octanol–water partition coefficient (Wildman–Crippen LogP) is 2.11. The first kappa shape index (κ1) is 14.6. The van der Waals surface area contributed by atoms with Gasteiger partial charge < -0.3 is 15.4 Å². The molecule has 0 unspecified atom stereocenters. The van der Waals surface area contributed by atoms with E-state index in [9.17, 15) is 4.79 Å². The predicted molar refractivity (Wildman–Crippen MR) is 85.4 cm³/mol. The summed E-state index contributed by atoms with van der Waals surface area (Å²) in [4.78, 5) is 14.2. The van der Waals surface area contributed by atoms with Gasteiger partial charge >= 0.3 is 0 Å². The van der Waals surface area contributed by atoms with Gasteiger partial charge in [-0.25, -0.2) is 0 Å². The molecule has 2 aromatic carbocycles. The average Bonchev–Trinajstić information content (AvgIpc) is 2.59. The second kappa shape index (κ2) is 6.62. The van der Waals surface area contributed by atoms with Crippen LogP contribution in [0.25, 0.3) is 0 Å². The molecule has 114 valence electrons. The molecule has 0 fully saturated rings. The van der Waals surface area contributed by atoms with Crippen LogP contribution in [-0.4, -0.2) is 24.0 Å². The van der Waals surface area contributed by atoms with Crippen LogP contribution < -0.4 is 10.5 Å². The Labute approximate surface area is 130 Å². The zero-order valence-corrected chi connectivity index (χ0v) is 12.5. The van der Waals surface area contributed by atoms with E-state index in [2.05, 4.69) is 12.1 Å². The Hall–Kier alpha value is -2.33. The number of fused-ring (bicyclic) bond motifs is 1. The minimum absolute atomic E-state index is 0.0151. The number of benzene rings is 2. The molecule has 0 radical (unpaired) electrons. The second-order valence-corrected chi connectivity index (χ2v) is 5.43. The van der Waals surface area contributed by atoms with E-state index in [1.165, 1.54) is 11.1 Å². The van der Waals surface area contributed by atoms with Gasteiger partial charge in [0, 0.05) is 25.2 Å². The van der Waals surface area contributed by atoms with Crippen molar-refractivity contribution < 1.29 is 9.53 Å². The van der Waals surface area contributed by atoms with Crippen LogP contribution in [0.3, 0.4) is 0 Å². The largest absolute Gasteiger partial charge is 0.483 e. The molecule has 1 amide bonds. The Bertz CT molecular complexity index is 670. The number of nitrogens with two attached hydrogens (primary N) is 1. The van der Waals surface area contributed by atoms with Crippen LogP contribution in [-0.2, 0) is 24.3 Å². The minimum atomic E-state index is 0.0151. The van der Waals surface area contributed by atoms with E-state index < -0.39 is 0 Å². The first-order valence-electron chi connectivity index (χ1n) is 7.53. The van der Waals surface area contributed by atoms with Gasteiger partial charge in [-0.3, -0.25) is 4.79 Å². The number of hydrogen-bond donors (Lipinski definition) is 1. The molecular formula is C18H20N2O2. The number of ether oxygens (including phenoxy) is 1. The van der Waals surface area contributed by atoms with Crippen molar-refractivity contribution in [3.8, 4) is 5.75 Å². The van der Waals surface area contributed by atoms with Crippen molar-refractivity contribution in [2.24, 2.45) is 5.73 Å². The molecule has 0 saturated heterocycles. The highest BCUT2D eigenvalue weighted by atomic mass is 16.5. The number of carbonyl (C=O) groups is 1. The zero-order valence-electron chi connectivity index (χ0n) is 12.5. The van der Waals surface area contributed by atoms with Crippen LogP contribution in [0.4, 0.5) is 0 Å². The summed E-state index contributed by atoms with van der Waals surface area (Å²) in [5.41, 5.74) is 9.15. The third-order valence-corrected chi connectivity index (χ3v) is 4.03. The van der Waals surface area contributed by atoms with E-state index >= 15 is 0 Å². The summed E-state index contributed by atoms with van der Waals surface area (Å²) in [6, 6.07) is 15.8. The van der Waals surface area contributed by atoms with Crippen LogP contribution in [0.5, 0.6) is 5.75 Å². The summed E-state index contributed by atoms with van der Waals surface area (Å²) in [6.07, 6.45) is 0.904. The number of nitrogens with zero attached hydrogens (tertiary/aromatic N) is 1. The minimum Gasteiger partial charge on any atom is -0.483 e. The van der Waals surface area contributed by atoms with Gasteiger partial charge in [0.2, 0.25) is 0 Å². The van der Waals surface area contributed by atoms with Crippen LogP contribution in [0.1, 0.15) is 16.7 Å². The molecule has 3 rings (SSSR count). The lowest BCUT2D eigenvalue weighted by molar-refractivity contribution is -0.134. The second-order valence-electron chi connectivity index (χ2n) is 5.43. The Morgan fingerprint density at radius 1 is 1.09 bits per heavy atom. The monoisotopic (exact) mass is 296 g/mol. The smallest absolute Gasteiger partial charge is 0.260 e. The fourth-order valence-corrected chi connectivity index (χ4v) is 2.75. The van der Waals surface area contributed by atoms with Crippen molar-refractivity contribution in [3.63, 3.8) is 0 Å². The van der Waals surface area contributed by atoms with Gasteiger partial charge in [-0.1, -0.05) is 42.5 Å². The maximum Gasteiger partial charge on any atom is 0.260 e. The number of amides is 1. The highest BCUT2D eigenvalue weighted by Gasteiger charge is 2.20. The van der Waals surface area contributed by atoms with E-state index in [0.717, 1.165) is 18.5 Å². The number of rotatable bonds is 4. The molecule has 4 nitrogen and oxygen atoms in total. The van der Waals surface area contributed by atoms with Crippen molar-refractivity contribution in [2.75, 3.05) is 13.2 Å². The molecule has 1 aliphatic heterocycles. The topological polar surface area (TPSA) is 55.6 Å². The Morgan fingerprint density at radius 2 is 1.82 bits per heavy atom. The average molecular weight is 296 g/mol. The fourth-order valence-electron chi connectivity index (χ4n) is 2.75. The summed E-state index contributed by atoms with van der Waals surface area (Å²) in [6.45, 7) is 1.87. The molecule has 22 heavy (non-hydrogen) atoms. The van der Waals surface area contributed by atoms with Gasteiger partial charge in [-0.2, -0.15) is 0 Å².